The SMILES string of the molecule is c1ccc(-c2ccc(-c3nc(-n4c5ccccc5c5c6cc(-c7cccc8c7sc7ccccc78)ccc6ccc54)nc4ccccc34)cc2)cc1. The largest absolute Gasteiger partial charge is 0.278 e. The first-order valence-corrected chi connectivity index (χ1v) is 18.4. The van der Waals surface area contributed by atoms with E-state index in [1.54, 1.807) is 0 Å². The first-order valence-electron chi connectivity index (χ1n) is 17.6. The normalized spacial score (nSPS) is 11.8. The fraction of sp³-hybridized carbons (Fsp3) is 0. The van der Waals surface area contributed by atoms with Gasteiger partial charge in [0.25, 0.3) is 0 Å². The minimum absolute atomic E-state index is 0.664. The molecule has 3 aromatic heterocycles. The van der Waals surface area contributed by atoms with Crippen LogP contribution in [0.2, 0.25) is 0 Å². The van der Waals surface area contributed by atoms with E-state index in [9.17, 15) is 0 Å². The molecule has 4 heteroatoms. The van der Waals surface area contributed by atoms with Crippen molar-refractivity contribution in [1.29, 1.82) is 0 Å². The van der Waals surface area contributed by atoms with Gasteiger partial charge in [0.1, 0.15) is 0 Å². The minimum atomic E-state index is 0.664. The zero-order valence-electron chi connectivity index (χ0n) is 28.0. The van der Waals surface area contributed by atoms with E-state index < -0.39 is 0 Å². The van der Waals surface area contributed by atoms with Crippen LogP contribution in [-0.2, 0) is 0 Å². The number of hydrogen-bond acceptors (Lipinski definition) is 3. The Morgan fingerprint density at radius 2 is 1.10 bits per heavy atom. The van der Waals surface area contributed by atoms with E-state index in [-0.39, 0.29) is 0 Å². The molecule has 3 nitrogen and oxygen atoms in total. The summed E-state index contributed by atoms with van der Waals surface area (Å²) in [7, 11) is 0. The molecule has 3 heterocycles. The van der Waals surface area contributed by atoms with Crippen LogP contribution in [0.5, 0.6) is 0 Å². The molecule has 11 aromatic rings. The molecule has 0 spiro atoms. The van der Waals surface area contributed by atoms with Crippen molar-refractivity contribution in [2.45, 2.75) is 0 Å². The lowest BCUT2D eigenvalue weighted by atomic mass is 9.97. The summed E-state index contributed by atoms with van der Waals surface area (Å²) in [6.45, 7) is 0. The van der Waals surface area contributed by atoms with Gasteiger partial charge in [-0.2, -0.15) is 0 Å². The van der Waals surface area contributed by atoms with Crippen molar-refractivity contribution < 1.29 is 0 Å². The first kappa shape index (κ1) is 29.1. The highest BCUT2D eigenvalue weighted by Crippen LogP contribution is 2.43. The Kier molecular flexibility index (Phi) is 6.42. The van der Waals surface area contributed by atoms with Crippen LogP contribution in [-0.4, -0.2) is 14.5 Å². The van der Waals surface area contributed by atoms with Crippen molar-refractivity contribution in [3.05, 3.63) is 176 Å². The van der Waals surface area contributed by atoms with Gasteiger partial charge in [-0.05, 0) is 63.4 Å². The summed E-state index contributed by atoms with van der Waals surface area (Å²) in [4.78, 5) is 10.6. The van der Waals surface area contributed by atoms with Crippen LogP contribution < -0.4 is 0 Å². The fourth-order valence-corrected chi connectivity index (χ4v) is 9.22. The molecule has 11 rings (SSSR count). The Balaban J connectivity index is 1.14. The van der Waals surface area contributed by atoms with Crippen molar-refractivity contribution in [3.63, 3.8) is 0 Å². The molecule has 0 atom stereocenters. The number of benzene rings is 8. The summed E-state index contributed by atoms with van der Waals surface area (Å²) in [5.41, 5.74) is 9.94. The molecule has 52 heavy (non-hydrogen) atoms. The van der Waals surface area contributed by atoms with Crippen LogP contribution in [0.15, 0.2) is 176 Å². The molecule has 0 amide bonds. The van der Waals surface area contributed by atoms with E-state index in [2.05, 4.69) is 180 Å². The Bertz CT molecular complexity index is 3170. The smallest absolute Gasteiger partial charge is 0.235 e. The zero-order valence-corrected chi connectivity index (χ0v) is 28.8. The van der Waals surface area contributed by atoms with Crippen molar-refractivity contribution in [2.24, 2.45) is 0 Å². The summed E-state index contributed by atoms with van der Waals surface area (Å²) in [6, 6.07) is 63.0. The zero-order chi connectivity index (χ0) is 34.2. The van der Waals surface area contributed by atoms with Gasteiger partial charge in [0, 0.05) is 41.9 Å². The van der Waals surface area contributed by atoms with Gasteiger partial charge < -0.3 is 0 Å². The highest BCUT2D eigenvalue weighted by atomic mass is 32.1. The van der Waals surface area contributed by atoms with E-state index in [1.165, 1.54) is 64.0 Å². The highest BCUT2D eigenvalue weighted by Gasteiger charge is 2.19. The average Bonchev–Trinajstić information content (AvgIpc) is 3.77. The Labute approximate surface area is 303 Å². The van der Waals surface area contributed by atoms with Crippen LogP contribution in [0.3, 0.4) is 0 Å². The van der Waals surface area contributed by atoms with Crippen molar-refractivity contribution in [3.8, 4) is 39.5 Å². The molecule has 0 saturated heterocycles. The second-order valence-corrected chi connectivity index (χ2v) is 14.4. The number of fused-ring (bicyclic) bond motifs is 9. The molecule has 0 bridgehead atoms. The molecular weight excluding hydrogens is 651 g/mol. The molecule has 0 aliphatic carbocycles. The molecule has 0 aliphatic rings. The van der Waals surface area contributed by atoms with E-state index in [4.69, 9.17) is 9.97 Å². The first-order chi connectivity index (χ1) is 25.8. The van der Waals surface area contributed by atoms with Gasteiger partial charge in [-0.15, -0.1) is 11.3 Å². The second kappa shape index (κ2) is 11.5. The lowest BCUT2D eigenvalue weighted by Gasteiger charge is -2.12. The molecule has 0 saturated carbocycles. The third-order valence-electron chi connectivity index (χ3n) is 10.4. The third-order valence-corrected chi connectivity index (χ3v) is 11.6. The Morgan fingerprint density at radius 1 is 0.423 bits per heavy atom. The van der Waals surface area contributed by atoms with Crippen molar-refractivity contribution in [1.82, 2.24) is 14.5 Å². The lowest BCUT2D eigenvalue weighted by molar-refractivity contribution is 1.01. The summed E-state index contributed by atoms with van der Waals surface area (Å²) in [5, 5.41) is 8.49. The van der Waals surface area contributed by atoms with Crippen LogP contribution >= 0.6 is 11.3 Å². The maximum absolute atomic E-state index is 5.37. The second-order valence-electron chi connectivity index (χ2n) is 13.4. The minimum Gasteiger partial charge on any atom is -0.278 e. The predicted molar refractivity (Wildman–Crippen MR) is 221 cm³/mol. The number of para-hydroxylation sites is 2. The monoisotopic (exact) mass is 679 g/mol. The molecule has 0 radical (unpaired) electrons. The number of aromatic nitrogens is 3. The molecule has 242 valence electrons. The highest BCUT2D eigenvalue weighted by molar-refractivity contribution is 7.26. The molecular formula is C48H29N3S. The third kappa shape index (κ3) is 4.45. The Morgan fingerprint density at radius 3 is 1.98 bits per heavy atom. The maximum atomic E-state index is 5.37. The van der Waals surface area contributed by atoms with Gasteiger partial charge in [-0.3, -0.25) is 4.57 Å². The summed E-state index contributed by atoms with van der Waals surface area (Å²) in [6.07, 6.45) is 0. The van der Waals surface area contributed by atoms with Crippen LogP contribution in [0.25, 0.3) is 103 Å². The van der Waals surface area contributed by atoms with Gasteiger partial charge in [-0.25, -0.2) is 9.97 Å². The standard InChI is InChI=1S/C48H29N3S/c1-2-11-30(12-3-1)31-21-24-33(25-22-31)46-38-14-4-7-18-41(38)49-48(50-46)51-42-19-8-5-15-39(42)45-40-29-34(26-23-32(40)27-28-43(45)51)35-16-10-17-37-36-13-6-9-20-44(36)52-47(35)37/h1-29H. The lowest BCUT2D eigenvalue weighted by Crippen LogP contribution is -2.03. The molecule has 0 unspecified atom stereocenters. The fourth-order valence-electron chi connectivity index (χ4n) is 7.98. The number of thiophene rings is 1. The van der Waals surface area contributed by atoms with Gasteiger partial charge in [-0.1, -0.05) is 146 Å². The predicted octanol–water partition coefficient (Wildman–Crippen LogP) is 13.2. The van der Waals surface area contributed by atoms with Gasteiger partial charge in [0.2, 0.25) is 5.95 Å². The van der Waals surface area contributed by atoms with E-state index in [0.717, 1.165) is 33.2 Å². The van der Waals surface area contributed by atoms with Gasteiger partial charge in [0.15, 0.2) is 0 Å². The Hall–Kier alpha value is -6.62. The van der Waals surface area contributed by atoms with E-state index in [1.807, 2.05) is 11.3 Å². The van der Waals surface area contributed by atoms with Crippen LogP contribution in [0, 0.1) is 0 Å². The number of nitrogens with zero attached hydrogens (tertiary/aromatic N) is 3. The molecule has 0 aliphatic heterocycles. The summed E-state index contributed by atoms with van der Waals surface area (Å²) < 4.78 is 4.89. The van der Waals surface area contributed by atoms with Crippen molar-refractivity contribution in [2.75, 3.05) is 0 Å². The molecule has 8 aromatic carbocycles. The summed E-state index contributed by atoms with van der Waals surface area (Å²) in [5.74, 6) is 0.664. The molecule has 0 N–H and O–H groups in total. The van der Waals surface area contributed by atoms with Crippen molar-refractivity contribution >= 4 is 75.0 Å². The van der Waals surface area contributed by atoms with Gasteiger partial charge in [0.05, 0.1) is 22.2 Å². The van der Waals surface area contributed by atoms with Gasteiger partial charge >= 0.3 is 0 Å². The van der Waals surface area contributed by atoms with E-state index >= 15 is 0 Å². The average molecular weight is 680 g/mol. The number of rotatable bonds is 4. The quantitative estimate of drug-likeness (QED) is 0.185. The maximum Gasteiger partial charge on any atom is 0.235 e. The van der Waals surface area contributed by atoms with E-state index in [0.29, 0.717) is 5.95 Å². The number of hydrogen-bond donors (Lipinski definition) is 0. The molecule has 0 fully saturated rings. The topological polar surface area (TPSA) is 30.7 Å². The summed E-state index contributed by atoms with van der Waals surface area (Å²) >= 11 is 1.88. The van der Waals surface area contributed by atoms with Crippen LogP contribution in [0.4, 0.5) is 0 Å². The van der Waals surface area contributed by atoms with Crippen LogP contribution in [0.1, 0.15) is 0 Å².